The van der Waals surface area contributed by atoms with E-state index in [1.54, 1.807) is 12.1 Å². The van der Waals surface area contributed by atoms with Gasteiger partial charge in [-0.3, -0.25) is 4.79 Å². The molecule has 3 aliphatic heterocycles. The van der Waals surface area contributed by atoms with Crippen molar-refractivity contribution in [2.45, 2.75) is 17.3 Å². The molecule has 7 heteroatoms. The van der Waals surface area contributed by atoms with Gasteiger partial charge in [0, 0.05) is 17.7 Å². The highest BCUT2D eigenvalue weighted by atomic mass is 16.7. The van der Waals surface area contributed by atoms with Crippen LogP contribution in [0.25, 0.3) is 0 Å². The topological polar surface area (TPSA) is 94.5 Å². The minimum absolute atomic E-state index is 0.0764. The summed E-state index contributed by atoms with van der Waals surface area (Å²) in [6, 6.07) is 3.26. The van der Waals surface area contributed by atoms with Gasteiger partial charge in [0.25, 0.3) is 0 Å². The molecule has 0 unspecified atom stereocenters. The summed E-state index contributed by atoms with van der Waals surface area (Å²) in [5, 5.41) is 22.1. The molecule has 2 N–H and O–H groups in total. The third-order valence-electron chi connectivity index (χ3n) is 4.64. The van der Waals surface area contributed by atoms with Crippen molar-refractivity contribution in [2.75, 3.05) is 13.4 Å². The van der Waals surface area contributed by atoms with Crippen molar-refractivity contribution in [3.8, 4) is 17.2 Å². The van der Waals surface area contributed by atoms with Crippen LogP contribution >= 0.6 is 0 Å². The van der Waals surface area contributed by atoms with Crippen LogP contribution in [-0.4, -0.2) is 41.1 Å². The lowest BCUT2D eigenvalue weighted by molar-refractivity contribution is -0.187. The molecule has 0 aromatic heterocycles. The number of fused-ring (bicyclic) bond motifs is 6. The predicted octanol–water partition coefficient (Wildman–Crippen LogP) is 0.148. The molecule has 0 spiro atoms. The molecule has 1 fully saturated rings. The lowest BCUT2D eigenvalue weighted by atomic mass is 9.76. The zero-order valence-corrected chi connectivity index (χ0v) is 11.8. The van der Waals surface area contributed by atoms with Gasteiger partial charge >= 0.3 is 0 Å². The van der Waals surface area contributed by atoms with Gasteiger partial charge in [0.15, 0.2) is 34.6 Å². The van der Waals surface area contributed by atoms with Gasteiger partial charge in [-0.25, -0.2) is 0 Å². The molecule has 4 aliphatic rings. The molecule has 0 radical (unpaired) electrons. The second kappa shape index (κ2) is 3.87. The van der Waals surface area contributed by atoms with Crippen molar-refractivity contribution >= 4 is 5.78 Å². The zero-order chi connectivity index (χ0) is 15.8. The van der Waals surface area contributed by atoms with E-state index in [4.69, 9.17) is 18.9 Å². The molecule has 1 aromatic carbocycles. The van der Waals surface area contributed by atoms with Gasteiger partial charge in [-0.1, -0.05) is 0 Å². The fourth-order valence-corrected chi connectivity index (χ4v) is 3.48. The van der Waals surface area contributed by atoms with Crippen molar-refractivity contribution in [1.29, 1.82) is 0 Å². The Bertz CT molecular complexity index is 811. The van der Waals surface area contributed by atoms with Crippen LogP contribution in [-0.2, 0) is 15.1 Å². The third-order valence-corrected chi connectivity index (χ3v) is 4.64. The first-order valence-electron chi connectivity index (χ1n) is 7.14. The molecule has 1 aromatic rings. The Morgan fingerprint density at radius 1 is 1.09 bits per heavy atom. The van der Waals surface area contributed by atoms with Crippen molar-refractivity contribution < 1.29 is 34.0 Å². The number of carbonyl (C=O) groups is 1. The molecule has 1 saturated heterocycles. The first-order valence-corrected chi connectivity index (χ1v) is 7.14. The van der Waals surface area contributed by atoms with Gasteiger partial charge in [0.1, 0.15) is 18.1 Å². The van der Waals surface area contributed by atoms with E-state index in [2.05, 4.69) is 0 Å². The normalized spacial score (nSPS) is 35.7. The summed E-state index contributed by atoms with van der Waals surface area (Å²) in [5.74, 6) is 1.21. The molecule has 0 saturated carbocycles. The van der Waals surface area contributed by atoms with Crippen LogP contribution in [0.4, 0.5) is 0 Å². The molecule has 1 aliphatic carbocycles. The maximum atomic E-state index is 11.5. The summed E-state index contributed by atoms with van der Waals surface area (Å²) >= 11 is 0. The van der Waals surface area contributed by atoms with Crippen LogP contribution < -0.4 is 14.2 Å². The van der Waals surface area contributed by atoms with Gasteiger partial charge in [-0.05, 0) is 18.2 Å². The van der Waals surface area contributed by atoms with Gasteiger partial charge in [-0.15, -0.1) is 0 Å². The number of allylic oxidation sites excluding steroid dienone is 2. The highest BCUT2D eigenvalue weighted by Gasteiger charge is 2.63. The Labute approximate surface area is 130 Å². The molecular formula is C16H12O7. The Kier molecular flexibility index (Phi) is 2.18. The van der Waals surface area contributed by atoms with Crippen LogP contribution in [0.3, 0.4) is 0 Å². The second-order valence-corrected chi connectivity index (χ2v) is 5.98. The maximum Gasteiger partial charge on any atom is 0.231 e. The van der Waals surface area contributed by atoms with Crippen LogP contribution in [0.2, 0.25) is 0 Å². The number of carbonyl (C=O) groups excluding carboxylic acids is 1. The summed E-state index contributed by atoms with van der Waals surface area (Å²) in [6.45, 7) is -0.0299. The van der Waals surface area contributed by atoms with E-state index in [1.165, 1.54) is 18.2 Å². The number of hydrogen-bond donors (Lipinski definition) is 2. The highest BCUT2D eigenvalue weighted by Crippen LogP contribution is 2.54. The Morgan fingerprint density at radius 2 is 1.87 bits per heavy atom. The monoisotopic (exact) mass is 316 g/mol. The maximum absolute atomic E-state index is 11.5. The van der Waals surface area contributed by atoms with E-state index >= 15 is 0 Å². The molecule has 0 bridgehead atoms. The van der Waals surface area contributed by atoms with Crippen molar-refractivity contribution in [1.82, 2.24) is 0 Å². The van der Waals surface area contributed by atoms with Gasteiger partial charge in [-0.2, -0.15) is 0 Å². The number of rotatable bonds is 0. The first kappa shape index (κ1) is 13.0. The molecular weight excluding hydrogens is 304 g/mol. The first-order chi connectivity index (χ1) is 11.0. The molecule has 7 nitrogen and oxygen atoms in total. The van der Waals surface area contributed by atoms with Crippen molar-refractivity contribution in [3.05, 3.63) is 41.7 Å². The molecule has 0 amide bonds. The Morgan fingerprint density at radius 3 is 2.70 bits per heavy atom. The van der Waals surface area contributed by atoms with Crippen LogP contribution in [0.1, 0.15) is 5.56 Å². The Hall–Kier alpha value is -2.51. The largest absolute Gasteiger partial charge is 0.491 e. The molecule has 23 heavy (non-hydrogen) atoms. The van der Waals surface area contributed by atoms with E-state index in [-0.39, 0.29) is 24.9 Å². The lowest BCUT2D eigenvalue weighted by Crippen LogP contribution is -2.61. The number of hydrogen-bond acceptors (Lipinski definition) is 7. The SMILES string of the molecule is O=C1C=C[C@@]2(O)C(=C1)OC[C@@]1(O)c3cc4c(cc3O[C@@H]21)OCO4. The van der Waals surface area contributed by atoms with Crippen molar-refractivity contribution in [2.24, 2.45) is 0 Å². The van der Waals surface area contributed by atoms with E-state index < -0.39 is 17.3 Å². The Balaban J connectivity index is 1.66. The van der Waals surface area contributed by atoms with Gasteiger partial charge in [0.05, 0.1) is 0 Å². The number of ketones is 1. The summed E-state index contributed by atoms with van der Waals surface area (Å²) < 4.78 is 22.0. The number of ether oxygens (including phenoxy) is 4. The molecule has 3 heterocycles. The molecule has 3 atom stereocenters. The lowest BCUT2D eigenvalue weighted by Gasteiger charge is -2.45. The van der Waals surface area contributed by atoms with Crippen molar-refractivity contribution in [3.63, 3.8) is 0 Å². The van der Waals surface area contributed by atoms with E-state index in [0.29, 0.717) is 22.8 Å². The average molecular weight is 316 g/mol. The summed E-state index contributed by atoms with van der Waals surface area (Å²) in [4.78, 5) is 11.5. The standard InChI is InChI=1S/C16H12O7/c17-8-1-2-15(18)13(3-8)20-6-16(19)9-4-11-12(22-7-21-11)5-10(9)23-14(15)16/h1-5,14,18-19H,6-7H2/t14-,15+,16+/m0/s1. The predicted molar refractivity (Wildman–Crippen MR) is 74.0 cm³/mol. The summed E-state index contributed by atoms with van der Waals surface area (Å²) in [5.41, 5.74) is -2.82. The summed E-state index contributed by atoms with van der Waals surface area (Å²) in [6.07, 6.45) is 2.71. The minimum atomic E-state index is -1.72. The van der Waals surface area contributed by atoms with Crippen LogP contribution in [0.15, 0.2) is 36.1 Å². The highest BCUT2D eigenvalue weighted by molar-refractivity contribution is 6.01. The average Bonchev–Trinajstić information content (AvgIpc) is 3.09. The van der Waals surface area contributed by atoms with Crippen LogP contribution in [0, 0.1) is 0 Å². The smallest absolute Gasteiger partial charge is 0.231 e. The van der Waals surface area contributed by atoms with E-state index in [0.717, 1.165) is 0 Å². The van der Waals surface area contributed by atoms with E-state index in [9.17, 15) is 15.0 Å². The second-order valence-electron chi connectivity index (χ2n) is 5.98. The quantitative estimate of drug-likeness (QED) is 0.703. The summed E-state index contributed by atoms with van der Waals surface area (Å²) in [7, 11) is 0. The minimum Gasteiger partial charge on any atom is -0.491 e. The third kappa shape index (κ3) is 1.48. The fourth-order valence-electron chi connectivity index (χ4n) is 3.48. The molecule has 118 valence electrons. The van der Waals surface area contributed by atoms with Gasteiger partial charge < -0.3 is 29.2 Å². The van der Waals surface area contributed by atoms with E-state index in [1.807, 2.05) is 0 Å². The number of benzene rings is 1. The molecule has 5 rings (SSSR count). The number of aliphatic hydroxyl groups is 2. The zero-order valence-electron chi connectivity index (χ0n) is 11.8. The fraction of sp³-hybridized carbons (Fsp3) is 0.312. The van der Waals surface area contributed by atoms with Gasteiger partial charge in [0.2, 0.25) is 6.79 Å². The van der Waals surface area contributed by atoms with Crippen LogP contribution in [0.5, 0.6) is 17.2 Å².